The van der Waals surface area contributed by atoms with Crippen LogP contribution in [0, 0.1) is 19.3 Å². The third-order valence-electron chi connectivity index (χ3n) is 4.94. The number of nitrogens with one attached hydrogen (secondary N) is 2. The number of thiazole rings is 1. The predicted octanol–water partition coefficient (Wildman–Crippen LogP) is 1.27. The molecule has 0 spiro atoms. The number of aliphatic carboxylic acids is 1. The Hall–Kier alpha value is -2.39. The third-order valence-corrected chi connectivity index (χ3v) is 9.46. The number of carbonyl (C=O) groups is 3. The van der Waals surface area contributed by atoms with Crippen molar-refractivity contribution in [3.63, 3.8) is 0 Å². The third kappa shape index (κ3) is 5.47. The Bertz CT molecular complexity index is 1280. The minimum atomic E-state index is -1.21. The highest BCUT2D eigenvalue weighted by Crippen LogP contribution is 2.42. The molecule has 2 aliphatic rings. The zero-order chi connectivity index (χ0) is 26.0. The molecule has 2 aromatic rings. The van der Waals surface area contributed by atoms with Gasteiger partial charge in [0.05, 0.1) is 0 Å². The minimum Gasteiger partial charge on any atom is -0.477 e. The Morgan fingerprint density at radius 1 is 1.44 bits per heavy atom. The van der Waals surface area contributed by atoms with Crippen molar-refractivity contribution in [3.05, 3.63) is 26.3 Å². The number of hydroxylamine groups is 1. The van der Waals surface area contributed by atoms with Crippen LogP contribution in [0.2, 0.25) is 4.34 Å². The van der Waals surface area contributed by atoms with Crippen LogP contribution < -0.4 is 16.5 Å². The molecule has 190 valence electrons. The molecule has 2 unspecified atom stereocenters. The average molecular weight is 588 g/mol. The van der Waals surface area contributed by atoms with Crippen molar-refractivity contribution >= 4 is 80.7 Å². The fraction of sp³-hybridized carbons (Fsp3) is 0.368. The number of carboxylic acid groups (broad SMARTS) is 1. The highest BCUT2D eigenvalue weighted by atomic mass is 35.5. The molecule has 5 N–H and O–H groups in total. The molecule has 36 heavy (non-hydrogen) atoms. The van der Waals surface area contributed by atoms with Crippen LogP contribution in [0.3, 0.4) is 0 Å². The number of terminal acetylenes is 1. The van der Waals surface area contributed by atoms with Gasteiger partial charge in [-0.25, -0.2) is 9.78 Å². The molecule has 4 heterocycles. The first-order valence-corrected chi connectivity index (χ1v) is 14.1. The van der Waals surface area contributed by atoms with E-state index in [1.165, 1.54) is 39.8 Å². The molecule has 2 amide bonds. The van der Waals surface area contributed by atoms with Gasteiger partial charge in [0.1, 0.15) is 38.8 Å². The molecule has 17 heteroatoms. The number of rotatable bonds is 10. The van der Waals surface area contributed by atoms with Crippen LogP contribution in [0.25, 0.3) is 0 Å². The van der Waals surface area contributed by atoms with Crippen molar-refractivity contribution in [1.82, 2.24) is 30.9 Å². The van der Waals surface area contributed by atoms with Crippen molar-refractivity contribution in [2.75, 3.05) is 23.8 Å². The molecule has 2 aromatic heterocycles. The molecule has 0 radical (unpaired) electrons. The van der Waals surface area contributed by atoms with Crippen LogP contribution in [0.1, 0.15) is 16.7 Å². The number of nitrogens with zero attached hydrogens (tertiary/aromatic N) is 4. The van der Waals surface area contributed by atoms with Gasteiger partial charge in [-0.15, -0.1) is 28.4 Å². The average Bonchev–Trinajstić information content (AvgIpc) is 3.41. The van der Waals surface area contributed by atoms with Gasteiger partial charge in [0.15, 0.2) is 15.5 Å². The monoisotopic (exact) mass is 587 g/mol. The number of nitrogen functional groups attached to an aromatic ring is 1. The molecule has 1 saturated heterocycles. The van der Waals surface area contributed by atoms with E-state index < -0.39 is 35.2 Å². The van der Waals surface area contributed by atoms with Crippen LogP contribution in [0.5, 0.6) is 0 Å². The summed E-state index contributed by atoms with van der Waals surface area (Å²) in [5, 5.41) is 20.8. The first kappa shape index (κ1) is 26.7. The number of amides is 2. The lowest BCUT2D eigenvalue weighted by Crippen LogP contribution is -2.71. The van der Waals surface area contributed by atoms with E-state index in [0.29, 0.717) is 21.4 Å². The van der Waals surface area contributed by atoms with Crippen LogP contribution in [-0.2, 0) is 19.2 Å². The van der Waals surface area contributed by atoms with E-state index in [-0.39, 0.29) is 27.5 Å². The van der Waals surface area contributed by atoms with Crippen molar-refractivity contribution < 1.29 is 24.3 Å². The van der Waals surface area contributed by atoms with Crippen LogP contribution in [0.15, 0.2) is 15.6 Å². The van der Waals surface area contributed by atoms with E-state index >= 15 is 0 Å². The van der Waals surface area contributed by atoms with Gasteiger partial charge in [0.2, 0.25) is 5.91 Å². The van der Waals surface area contributed by atoms with Gasteiger partial charge in [-0.05, 0) is 12.5 Å². The fourth-order valence-corrected chi connectivity index (χ4v) is 7.71. The Kier molecular flexibility index (Phi) is 8.40. The number of anilines is 1. The van der Waals surface area contributed by atoms with Gasteiger partial charge >= 0.3 is 5.97 Å². The number of carbonyl (C=O) groups excluding carboxylic acids is 2. The maximum atomic E-state index is 13.1. The topological polar surface area (TPSA) is 173 Å². The van der Waals surface area contributed by atoms with Gasteiger partial charge in [-0.2, -0.15) is 5.48 Å². The smallest absolute Gasteiger partial charge is 0.352 e. The van der Waals surface area contributed by atoms with Crippen molar-refractivity contribution in [2.24, 2.45) is 0 Å². The molecular formula is C19H18ClN7O5S4. The van der Waals surface area contributed by atoms with Gasteiger partial charge in [-0.3, -0.25) is 19.3 Å². The first-order valence-electron chi connectivity index (χ1n) is 10.1. The molecule has 2 aliphatic heterocycles. The van der Waals surface area contributed by atoms with Gasteiger partial charge < -0.3 is 16.2 Å². The van der Waals surface area contributed by atoms with E-state index in [9.17, 15) is 19.5 Å². The first-order chi connectivity index (χ1) is 17.2. The summed E-state index contributed by atoms with van der Waals surface area (Å²) in [5.74, 6) is 0.557. The second-order valence-corrected chi connectivity index (χ2v) is 12.4. The maximum absolute atomic E-state index is 13.1. The normalized spacial score (nSPS) is 19.9. The molecule has 3 atom stereocenters. The Morgan fingerprint density at radius 3 is 2.83 bits per heavy atom. The highest BCUT2D eigenvalue weighted by Gasteiger charge is 2.54. The lowest BCUT2D eigenvalue weighted by molar-refractivity contribution is -0.151. The van der Waals surface area contributed by atoms with E-state index in [1.54, 1.807) is 0 Å². The standard InChI is InChI=1S/C19H18ClN7O5S4/c1-3-4-32-26-10(9-13(20)36-18(21)23-9)14(28)22-11-15(29)27-12(17(30)31)8(5-33-16(11)27)6-34-19-25-24-7(2)35-19/h1,10-11,16,26H,4-6H2,2H3,(H2,21,23)(H,22,28)(H,30,31)/t10?,11?,16-/m0/s1. The molecule has 12 nitrogen and oxygen atoms in total. The summed E-state index contributed by atoms with van der Waals surface area (Å²) >= 11 is 11.3. The molecule has 4 rings (SSSR count). The zero-order valence-electron chi connectivity index (χ0n) is 18.4. The van der Waals surface area contributed by atoms with Gasteiger partial charge in [-0.1, -0.05) is 52.0 Å². The summed E-state index contributed by atoms with van der Waals surface area (Å²) in [7, 11) is 0. The molecule has 0 bridgehead atoms. The second-order valence-electron chi connectivity index (χ2n) is 7.28. The van der Waals surface area contributed by atoms with E-state index in [2.05, 4.69) is 31.9 Å². The number of thioether (sulfide) groups is 2. The summed E-state index contributed by atoms with van der Waals surface area (Å²) in [6.45, 7) is 1.69. The van der Waals surface area contributed by atoms with Crippen LogP contribution in [-0.4, -0.2) is 72.5 Å². The van der Waals surface area contributed by atoms with E-state index in [0.717, 1.165) is 16.3 Å². The SMILES string of the molecule is C#CCONC(C(=O)NC1C(=O)N2C(C(=O)O)=C(CSc3nnc(C)s3)CS[C@@H]12)c1nc(N)sc1Cl. The molecular weight excluding hydrogens is 570 g/mol. The molecule has 0 aromatic carbocycles. The number of aryl methyl sites for hydroxylation is 1. The summed E-state index contributed by atoms with van der Waals surface area (Å²) in [6.07, 6.45) is 5.18. The number of β-lactam (4-membered cyclic amide) rings is 1. The van der Waals surface area contributed by atoms with Gasteiger partial charge in [0.25, 0.3) is 5.91 Å². The molecule has 1 fully saturated rings. The Labute approximate surface area is 226 Å². The quantitative estimate of drug-likeness (QED) is 0.103. The number of fused-ring (bicyclic) bond motifs is 1. The van der Waals surface area contributed by atoms with E-state index in [4.69, 9.17) is 28.6 Å². The number of hydrogen-bond donors (Lipinski definition) is 4. The summed E-state index contributed by atoms with van der Waals surface area (Å²) in [6, 6.07) is -2.16. The van der Waals surface area contributed by atoms with Crippen molar-refractivity contribution in [3.8, 4) is 12.3 Å². The molecule has 0 aliphatic carbocycles. The van der Waals surface area contributed by atoms with Crippen LogP contribution in [0.4, 0.5) is 5.13 Å². The van der Waals surface area contributed by atoms with Gasteiger partial charge in [0, 0.05) is 11.5 Å². The zero-order valence-corrected chi connectivity index (χ0v) is 22.4. The highest BCUT2D eigenvalue weighted by molar-refractivity contribution is 8.01. The minimum absolute atomic E-state index is 0.0784. The predicted molar refractivity (Wildman–Crippen MR) is 137 cm³/mol. The Balaban J connectivity index is 1.48. The summed E-state index contributed by atoms with van der Waals surface area (Å²) < 4.78 is 0.880. The summed E-state index contributed by atoms with van der Waals surface area (Å²) in [5.41, 5.74) is 8.83. The number of aromatic nitrogens is 3. The van der Waals surface area contributed by atoms with Crippen molar-refractivity contribution in [1.29, 1.82) is 0 Å². The lowest BCUT2D eigenvalue weighted by Gasteiger charge is -2.49. The fourth-order valence-electron chi connectivity index (χ4n) is 3.42. The lowest BCUT2D eigenvalue weighted by atomic mass is 10.0. The number of nitrogens with two attached hydrogens (primary N) is 1. The number of hydrogen-bond acceptors (Lipinski definition) is 13. The number of halogens is 1. The van der Waals surface area contributed by atoms with E-state index in [1.807, 2.05) is 6.92 Å². The largest absolute Gasteiger partial charge is 0.477 e. The number of carboxylic acids is 1. The summed E-state index contributed by atoms with van der Waals surface area (Å²) in [4.78, 5) is 48.5. The van der Waals surface area contributed by atoms with Crippen LogP contribution >= 0.6 is 57.8 Å². The van der Waals surface area contributed by atoms with Crippen molar-refractivity contribution in [2.45, 2.75) is 28.7 Å². The maximum Gasteiger partial charge on any atom is 0.352 e. The molecule has 0 saturated carbocycles. The second kappa shape index (κ2) is 11.3. The Morgan fingerprint density at radius 2 is 2.22 bits per heavy atom.